The maximum atomic E-state index is 5.69. The lowest BCUT2D eigenvalue weighted by Crippen LogP contribution is -1.85. The van der Waals surface area contributed by atoms with Crippen molar-refractivity contribution in [3.63, 3.8) is 0 Å². The van der Waals surface area contributed by atoms with Gasteiger partial charge < -0.3 is 4.74 Å². The van der Waals surface area contributed by atoms with Crippen LogP contribution < -0.4 is 4.74 Å². The zero-order chi connectivity index (χ0) is 20.1. The Morgan fingerprint density at radius 1 is 0.643 bits per heavy atom. The van der Waals surface area contributed by atoms with Crippen molar-refractivity contribution in [2.75, 3.05) is 0 Å². The Balaban J connectivity index is 1.76. The number of para-hydroxylation sites is 1. The van der Waals surface area contributed by atoms with E-state index in [0.29, 0.717) is 0 Å². The SMILES string of the molecule is CCCCCCCCCCCCCCCCCCC=COc1ccccc1C. The van der Waals surface area contributed by atoms with Crippen LogP contribution in [0.4, 0.5) is 0 Å². The number of hydrogen-bond donors (Lipinski definition) is 0. The molecule has 0 aliphatic heterocycles. The molecular formula is C27H46O. The number of benzene rings is 1. The predicted octanol–water partition coefficient (Wildman–Crippen LogP) is 9.54. The lowest BCUT2D eigenvalue weighted by Gasteiger charge is -2.04. The largest absolute Gasteiger partial charge is 0.465 e. The van der Waals surface area contributed by atoms with Crippen LogP contribution in [0.15, 0.2) is 36.6 Å². The summed E-state index contributed by atoms with van der Waals surface area (Å²) in [5, 5.41) is 0. The highest BCUT2D eigenvalue weighted by molar-refractivity contribution is 5.32. The minimum atomic E-state index is 0.964. The molecule has 1 rings (SSSR count). The highest BCUT2D eigenvalue weighted by atomic mass is 16.5. The van der Waals surface area contributed by atoms with Crippen LogP contribution in [0.3, 0.4) is 0 Å². The summed E-state index contributed by atoms with van der Waals surface area (Å²) < 4.78 is 5.69. The number of rotatable bonds is 19. The second-order valence-electron chi connectivity index (χ2n) is 8.35. The summed E-state index contributed by atoms with van der Waals surface area (Å²) in [6.45, 7) is 4.38. The third-order valence-electron chi connectivity index (χ3n) is 5.61. The van der Waals surface area contributed by atoms with Crippen molar-refractivity contribution >= 4 is 0 Å². The minimum Gasteiger partial charge on any atom is -0.465 e. The van der Waals surface area contributed by atoms with Crippen molar-refractivity contribution in [2.24, 2.45) is 0 Å². The molecule has 1 aromatic rings. The maximum absolute atomic E-state index is 5.69. The number of allylic oxidation sites excluding steroid dienone is 1. The molecule has 0 spiro atoms. The first-order valence-corrected chi connectivity index (χ1v) is 12.2. The maximum Gasteiger partial charge on any atom is 0.129 e. The van der Waals surface area contributed by atoms with Gasteiger partial charge in [-0.3, -0.25) is 0 Å². The molecule has 0 unspecified atom stereocenters. The van der Waals surface area contributed by atoms with Crippen molar-refractivity contribution in [1.29, 1.82) is 0 Å². The molecular weight excluding hydrogens is 340 g/mol. The smallest absolute Gasteiger partial charge is 0.129 e. The van der Waals surface area contributed by atoms with Gasteiger partial charge in [-0.2, -0.15) is 0 Å². The summed E-state index contributed by atoms with van der Waals surface area (Å²) in [4.78, 5) is 0. The van der Waals surface area contributed by atoms with Crippen LogP contribution in [0.5, 0.6) is 5.75 Å². The first-order chi connectivity index (χ1) is 13.8. The zero-order valence-corrected chi connectivity index (χ0v) is 18.9. The monoisotopic (exact) mass is 386 g/mol. The van der Waals surface area contributed by atoms with Gasteiger partial charge in [-0.25, -0.2) is 0 Å². The highest BCUT2D eigenvalue weighted by Crippen LogP contribution is 2.17. The second-order valence-corrected chi connectivity index (χ2v) is 8.35. The number of ether oxygens (including phenoxy) is 1. The Hall–Kier alpha value is -1.24. The Morgan fingerprint density at radius 2 is 1.11 bits per heavy atom. The van der Waals surface area contributed by atoms with Crippen molar-refractivity contribution in [3.8, 4) is 5.75 Å². The van der Waals surface area contributed by atoms with Crippen LogP contribution in [0.1, 0.15) is 122 Å². The molecule has 0 aliphatic rings. The molecule has 0 amide bonds. The molecule has 0 bridgehead atoms. The van der Waals surface area contributed by atoms with Crippen LogP contribution in [0.25, 0.3) is 0 Å². The summed E-state index contributed by atoms with van der Waals surface area (Å²) in [6.07, 6.45) is 28.0. The lowest BCUT2D eigenvalue weighted by molar-refractivity contribution is 0.473. The summed E-state index contributed by atoms with van der Waals surface area (Å²) in [5.41, 5.74) is 1.19. The molecule has 160 valence electrons. The van der Waals surface area contributed by atoms with E-state index in [0.717, 1.165) is 12.2 Å². The molecule has 0 saturated heterocycles. The number of aryl methyl sites for hydroxylation is 1. The topological polar surface area (TPSA) is 9.23 Å². The van der Waals surface area contributed by atoms with E-state index in [9.17, 15) is 0 Å². The molecule has 0 heterocycles. The summed E-state index contributed by atoms with van der Waals surface area (Å²) in [6, 6.07) is 8.17. The first-order valence-electron chi connectivity index (χ1n) is 12.2. The van der Waals surface area contributed by atoms with Crippen molar-refractivity contribution in [3.05, 3.63) is 42.2 Å². The summed E-state index contributed by atoms with van der Waals surface area (Å²) >= 11 is 0. The lowest BCUT2D eigenvalue weighted by atomic mass is 10.0. The highest BCUT2D eigenvalue weighted by Gasteiger charge is 1.95. The first kappa shape index (κ1) is 24.8. The van der Waals surface area contributed by atoms with Crippen LogP contribution in [0.2, 0.25) is 0 Å². The third-order valence-corrected chi connectivity index (χ3v) is 5.61. The Bertz CT molecular complexity index is 477. The molecule has 1 aromatic carbocycles. The molecule has 0 radical (unpaired) electrons. The Morgan fingerprint density at radius 3 is 1.61 bits per heavy atom. The van der Waals surface area contributed by atoms with E-state index in [1.165, 1.54) is 108 Å². The van der Waals surface area contributed by atoms with Crippen LogP contribution >= 0.6 is 0 Å². The fourth-order valence-electron chi connectivity index (χ4n) is 3.69. The fraction of sp³-hybridized carbons (Fsp3) is 0.704. The Labute approximate surface area is 176 Å². The number of hydrogen-bond acceptors (Lipinski definition) is 1. The molecule has 0 aliphatic carbocycles. The summed E-state index contributed by atoms with van der Waals surface area (Å²) in [7, 11) is 0. The van der Waals surface area contributed by atoms with Crippen molar-refractivity contribution < 1.29 is 4.74 Å². The third kappa shape index (κ3) is 14.8. The van der Waals surface area contributed by atoms with E-state index in [1.807, 2.05) is 24.5 Å². The summed E-state index contributed by atoms with van der Waals surface area (Å²) in [5.74, 6) is 0.964. The van der Waals surface area contributed by atoms with Gasteiger partial charge in [0.15, 0.2) is 0 Å². The van der Waals surface area contributed by atoms with Gasteiger partial charge in [-0.15, -0.1) is 0 Å². The van der Waals surface area contributed by atoms with Crippen LogP contribution in [-0.2, 0) is 0 Å². The average molecular weight is 387 g/mol. The van der Waals surface area contributed by atoms with Gasteiger partial charge in [0, 0.05) is 0 Å². The minimum absolute atomic E-state index is 0.964. The van der Waals surface area contributed by atoms with E-state index < -0.39 is 0 Å². The molecule has 0 fully saturated rings. The molecule has 0 saturated carbocycles. The van der Waals surface area contributed by atoms with E-state index in [4.69, 9.17) is 4.74 Å². The van der Waals surface area contributed by atoms with E-state index in [-0.39, 0.29) is 0 Å². The quantitative estimate of drug-likeness (QED) is 0.170. The van der Waals surface area contributed by atoms with Crippen molar-refractivity contribution in [2.45, 2.75) is 123 Å². The fourth-order valence-corrected chi connectivity index (χ4v) is 3.69. The molecule has 0 aromatic heterocycles. The van der Waals surface area contributed by atoms with E-state index in [2.05, 4.69) is 26.0 Å². The van der Waals surface area contributed by atoms with Gasteiger partial charge >= 0.3 is 0 Å². The molecule has 28 heavy (non-hydrogen) atoms. The van der Waals surface area contributed by atoms with E-state index >= 15 is 0 Å². The van der Waals surface area contributed by atoms with Gasteiger partial charge in [0.1, 0.15) is 5.75 Å². The zero-order valence-electron chi connectivity index (χ0n) is 18.9. The van der Waals surface area contributed by atoms with Gasteiger partial charge in [0.25, 0.3) is 0 Å². The molecule has 0 N–H and O–H groups in total. The van der Waals surface area contributed by atoms with Gasteiger partial charge in [0.2, 0.25) is 0 Å². The Kier molecular flexibility index (Phi) is 16.9. The van der Waals surface area contributed by atoms with Crippen molar-refractivity contribution in [1.82, 2.24) is 0 Å². The number of unbranched alkanes of at least 4 members (excludes halogenated alkanes) is 16. The molecule has 1 nitrogen and oxygen atoms in total. The standard InChI is InChI=1S/C27H46O/c1-3-4-5-6-7-8-9-10-11-12-13-14-15-16-17-18-19-22-25-28-27-24-21-20-23-26(27)2/h20-25H,3-19H2,1-2H3. The average Bonchev–Trinajstić information content (AvgIpc) is 2.71. The van der Waals surface area contributed by atoms with Crippen LogP contribution in [-0.4, -0.2) is 0 Å². The predicted molar refractivity (Wildman–Crippen MR) is 125 cm³/mol. The van der Waals surface area contributed by atoms with Gasteiger partial charge in [0.05, 0.1) is 6.26 Å². The van der Waals surface area contributed by atoms with Gasteiger partial charge in [-0.1, -0.05) is 121 Å². The normalized spacial score (nSPS) is 11.4. The molecule has 0 atom stereocenters. The van der Waals surface area contributed by atoms with Crippen LogP contribution in [0, 0.1) is 6.92 Å². The molecule has 1 heteroatoms. The second kappa shape index (κ2) is 19.1. The van der Waals surface area contributed by atoms with E-state index in [1.54, 1.807) is 0 Å². The van der Waals surface area contributed by atoms with Gasteiger partial charge in [-0.05, 0) is 37.5 Å².